The van der Waals surface area contributed by atoms with Gasteiger partial charge in [-0.2, -0.15) is 10.2 Å². The molecule has 1 heterocycles. The molecule has 0 radical (unpaired) electrons. The number of hydrogen-bond acceptors (Lipinski definition) is 11. The molecule has 0 aliphatic carbocycles. The van der Waals surface area contributed by atoms with Gasteiger partial charge >= 0.3 is 12.1 Å². The summed E-state index contributed by atoms with van der Waals surface area (Å²) in [5, 5.41) is 16.2. The lowest BCUT2D eigenvalue weighted by molar-refractivity contribution is -0.151. The van der Waals surface area contributed by atoms with Crippen LogP contribution in [0.3, 0.4) is 0 Å². The molecule has 0 bridgehead atoms. The van der Waals surface area contributed by atoms with Crippen LogP contribution < -0.4 is 21.7 Å². The lowest BCUT2D eigenvalue weighted by Gasteiger charge is -2.26. The first kappa shape index (κ1) is 36.3. The highest BCUT2D eigenvalue weighted by Gasteiger charge is 2.48. The number of imide groups is 1. The Hall–Kier alpha value is -5.18. The van der Waals surface area contributed by atoms with Crippen molar-refractivity contribution in [1.29, 1.82) is 0 Å². The number of nitrogens with zero attached hydrogens (tertiary/aromatic N) is 3. The Morgan fingerprint density at radius 3 is 1.96 bits per heavy atom. The molecule has 0 aromatic heterocycles. The predicted molar refractivity (Wildman–Crippen MR) is 172 cm³/mol. The minimum atomic E-state index is -1.09. The van der Waals surface area contributed by atoms with Crippen LogP contribution in [-0.4, -0.2) is 71.9 Å². The first-order valence-corrected chi connectivity index (χ1v) is 15.2. The van der Waals surface area contributed by atoms with Crippen molar-refractivity contribution < 1.29 is 38.2 Å². The van der Waals surface area contributed by atoms with Crippen molar-refractivity contribution in [3.8, 4) is 0 Å². The third-order valence-electron chi connectivity index (χ3n) is 6.73. The summed E-state index contributed by atoms with van der Waals surface area (Å²) in [6, 6.07) is 12.3. The number of hydrogen-bond donors (Lipinski definition) is 4. The molecule has 1 unspecified atom stereocenters. The van der Waals surface area contributed by atoms with Crippen LogP contribution in [0.5, 0.6) is 0 Å². The summed E-state index contributed by atoms with van der Waals surface area (Å²) in [6.45, 7) is 6.32. The maximum atomic E-state index is 13.0. The third-order valence-corrected chi connectivity index (χ3v) is 6.73. The Morgan fingerprint density at radius 2 is 1.45 bits per heavy atom. The average molecular weight is 652 g/mol. The Labute approximate surface area is 272 Å². The fraction of sp³-hybridized carbons (Fsp3) is 0.438. The van der Waals surface area contributed by atoms with Gasteiger partial charge in [0.1, 0.15) is 11.6 Å². The number of anilines is 2. The molecule has 5 N–H and O–H groups in total. The molecule has 3 rings (SSSR count). The molecule has 0 spiro atoms. The Bertz CT molecular complexity index is 1470. The van der Waals surface area contributed by atoms with Gasteiger partial charge in [-0.05, 0) is 95.5 Å². The lowest BCUT2D eigenvalue weighted by atomic mass is 9.98. The van der Waals surface area contributed by atoms with Crippen LogP contribution in [0.2, 0.25) is 0 Å². The Balaban J connectivity index is 1.42. The lowest BCUT2D eigenvalue weighted by Crippen LogP contribution is -2.46. The highest BCUT2D eigenvalue weighted by atomic mass is 16.6. The molecule has 0 saturated carbocycles. The first-order valence-electron chi connectivity index (χ1n) is 15.2. The maximum Gasteiger partial charge on any atom is 0.417 e. The van der Waals surface area contributed by atoms with Gasteiger partial charge in [0.2, 0.25) is 23.6 Å². The van der Waals surface area contributed by atoms with Crippen LogP contribution in [0.25, 0.3) is 0 Å². The number of likely N-dealkylation sites (tertiary alicyclic amines) is 1. The summed E-state index contributed by atoms with van der Waals surface area (Å²) < 4.78 is 10.4. The molecule has 1 fully saturated rings. The summed E-state index contributed by atoms with van der Waals surface area (Å²) in [5.74, 6) is -3.02. The van der Waals surface area contributed by atoms with Crippen LogP contribution in [0.4, 0.5) is 27.5 Å². The molecule has 252 valence electrons. The number of amides is 5. The SMILES string of the molecule is CCOC(=O)C1C[C@@H](CCCC(=O)NCC(=O)Nc2ccc(N=Nc3ccc(NC(=O)CN)cc3)cc2)C(=O)N1C(=O)OC(C)(C)C. The number of esters is 1. The number of carbonyl (C=O) groups excluding carboxylic acids is 6. The predicted octanol–water partition coefficient (Wildman–Crippen LogP) is 3.94. The number of benzene rings is 2. The Morgan fingerprint density at radius 1 is 0.894 bits per heavy atom. The van der Waals surface area contributed by atoms with E-state index in [1.54, 1.807) is 76.2 Å². The molecule has 2 aromatic carbocycles. The standard InChI is InChI=1S/C32H41N7O8/c1-5-46-30(44)25-17-20(29(43)39(25)31(45)47-32(2,3)4)7-6-8-26(40)34-19-28(42)36-22-11-15-24(16-12-22)38-37-23-13-9-21(10-14-23)35-27(41)18-33/h9-16,20,25H,5-8,17-19,33H2,1-4H3,(H,34,40)(H,35,41)(H,36,42)/t20-,25?/m1/s1. The number of rotatable bonds is 13. The molecular weight excluding hydrogens is 610 g/mol. The van der Waals surface area contributed by atoms with E-state index in [2.05, 4.69) is 26.2 Å². The van der Waals surface area contributed by atoms with E-state index < -0.39 is 41.4 Å². The number of ether oxygens (including phenoxy) is 2. The van der Waals surface area contributed by atoms with E-state index in [4.69, 9.17) is 15.2 Å². The number of nitrogens with one attached hydrogen (secondary N) is 3. The maximum absolute atomic E-state index is 13.0. The second-order valence-electron chi connectivity index (χ2n) is 11.7. The average Bonchev–Trinajstić information content (AvgIpc) is 3.35. The number of carbonyl (C=O) groups is 6. The molecule has 2 atom stereocenters. The van der Waals surface area contributed by atoms with Crippen molar-refractivity contribution in [2.45, 2.75) is 65.0 Å². The molecule has 2 aromatic rings. The zero-order valence-electron chi connectivity index (χ0n) is 26.9. The topological polar surface area (TPSA) is 211 Å². The fourth-order valence-electron chi connectivity index (χ4n) is 4.57. The molecule has 5 amide bonds. The second-order valence-corrected chi connectivity index (χ2v) is 11.7. The van der Waals surface area contributed by atoms with Crippen molar-refractivity contribution in [1.82, 2.24) is 10.2 Å². The Kier molecular flexibility index (Phi) is 13.1. The smallest absolute Gasteiger partial charge is 0.417 e. The van der Waals surface area contributed by atoms with Gasteiger partial charge in [-0.1, -0.05) is 0 Å². The highest BCUT2D eigenvalue weighted by molar-refractivity contribution is 6.01. The molecule has 1 aliphatic heterocycles. The van der Waals surface area contributed by atoms with E-state index in [9.17, 15) is 28.8 Å². The molecule has 47 heavy (non-hydrogen) atoms. The van der Waals surface area contributed by atoms with Crippen LogP contribution in [0.15, 0.2) is 58.8 Å². The van der Waals surface area contributed by atoms with Crippen molar-refractivity contribution >= 4 is 58.4 Å². The fourth-order valence-corrected chi connectivity index (χ4v) is 4.57. The second kappa shape index (κ2) is 16.9. The zero-order valence-corrected chi connectivity index (χ0v) is 26.9. The highest BCUT2D eigenvalue weighted by Crippen LogP contribution is 2.31. The van der Waals surface area contributed by atoms with Gasteiger partial charge in [0.25, 0.3) is 0 Å². The van der Waals surface area contributed by atoms with Crippen molar-refractivity contribution in [3.05, 3.63) is 48.5 Å². The molecular formula is C32H41N7O8. The largest absolute Gasteiger partial charge is 0.464 e. The van der Waals surface area contributed by atoms with E-state index in [1.165, 1.54) is 0 Å². The van der Waals surface area contributed by atoms with Crippen molar-refractivity contribution in [2.75, 3.05) is 30.3 Å². The minimum Gasteiger partial charge on any atom is -0.464 e. The molecule has 1 aliphatic rings. The summed E-state index contributed by atoms with van der Waals surface area (Å²) in [5.41, 5.74) is 6.62. The van der Waals surface area contributed by atoms with E-state index in [1.807, 2.05) is 0 Å². The third kappa shape index (κ3) is 11.6. The van der Waals surface area contributed by atoms with Gasteiger partial charge in [0.15, 0.2) is 0 Å². The van der Waals surface area contributed by atoms with E-state index >= 15 is 0 Å². The van der Waals surface area contributed by atoms with Gasteiger partial charge in [0.05, 0.1) is 31.1 Å². The normalized spacial score (nSPS) is 16.1. The first-order chi connectivity index (χ1) is 22.3. The minimum absolute atomic E-state index is 0.0400. The van der Waals surface area contributed by atoms with Crippen LogP contribution >= 0.6 is 0 Å². The number of azo groups is 1. The van der Waals surface area contributed by atoms with E-state index in [0.717, 1.165) is 4.90 Å². The zero-order chi connectivity index (χ0) is 34.6. The van der Waals surface area contributed by atoms with Gasteiger partial charge in [0, 0.05) is 23.7 Å². The number of nitrogens with two attached hydrogens (primary N) is 1. The molecule has 1 saturated heterocycles. The molecule has 15 heteroatoms. The van der Waals surface area contributed by atoms with Gasteiger partial charge in [-0.3, -0.25) is 19.2 Å². The monoisotopic (exact) mass is 651 g/mol. The summed E-state index contributed by atoms with van der Waals surface area (Å²) in [6.07, 6.45) is -0.241. The van der Waals surface area contributed by atoms with Crippen molar-refractivity contribution in [2.24, 2.45) is 21.9 Å². The quantitative estimate of drug-likeness (QED) is 0.182. The van der Waals surface area contributed by atoms with E-state index in [-0.39, 0.29) is 50.8 Å². The summed E-state index contributed by atoms with van der Waals surface area (Å²) in [4.78, 5) is 75.1. The summed E-state index contributed by atoms with van der Waals surface area (Å²) >= 11 is 0. The van der Waals surface area contributed by atoms with Crippen LogP contribution in [0.1, 0.15) is 53.4 Å². The van der Waals surface area contributed by atoms with Gasteiger partial charge < -0.3 is 31.2 Å². The van der Waals surface area contributed by atoms with Crippen LogP contribution in [-0.2, 0) is 33.4 Å². The van der Waals surface area contributed by atoms with Crippen molar-refractivity contribution in [3.63, 3.8) is 0 Å². The van der Waals surface area contributed by atoms with Crippen LogP contribution in [0, 0.1) is 5.92 Å². The molecule has 15 nitrogen and oxygen atoms in total. The van der Waals surface area contributed by atoms with Gasteiger partial charge in [-0.25, -0.2) is 14.5 Å². The summed E-state index contributed by atoms with van der Waals surface area (Å²) in [7, 11) is 0. The van der Waals surface area contributed by atoms with Gasteiger partial charge in [-0.15, -0.1) is 0 Å². The van der Waals surface area contributed by atoms with E-state index in [0.29, 0.717) is 29.2 Å².